The minimum absolute atomic E-state index is 0.0872. The van der Waals surface area contributed by atoms with E-state index in [1.807, 2.05) is 0 Å². The Bertz CT molecular complexity index is 944. The predicted molar refractivity (Wildman–Crippen MR) is 96.4 cm³/mol. The summed E-state index contributed by atoms with van der Waals surface area (Å²) in [6, 6.07) is 4.81. The van der Waals surface area contributed by atoms with Crippen molar-refractivity contribution in [3.63, 3.8) is 0 Å². The summed E-state index contributed by atoms with van der Waals surface area (Å²) in [5.74, 6) is 1.51. The van der Waals surface area contributed by atoms with E-state index in [1.54, 1.807) is 19.1 Å². The summed E-state index contributed by atoms with van der Waals surface area (Å²) in [5, 5.41) is 14.3. The van der Waals surface area contributed by atoms with Gasteiger partial charge in [-0.3, -0.25) is 5.32 Å². The molecule has 3 aromatic rings. The number of carboxylic acid groups (broad SMARTS) is 1. The van der Waals surface area contributed by atoms with Gasteiger partial charge in [-0.1, -0.05) is 11.6 Å². The van der Waals surface area contributed by atoms with E-state index in [2.05, 4.69) is 35.6 Å². The van der Waals surface area contributed by atoms with Crippen molar-refractivity contribution in [1.29, 1.82) is 0 Å². The van der Waals surface area contributed by atoms with Gasteiger partial charge in [0.2, 0.25) is 5.95 Å². The normalized spacial score (nSPS) is 10.4. The molecule has 0 unspecified atom stereocenters. The van der Waals surface area contributed by atoms with E-state index in [9.17, 15) is 4.79 Å². The van der Waals surface area contributed by atoms with Crippen molar-refractivity contribution in [3.8, 4) is 11.4 Å². The zero-order chi connectivity index (χ0) is 18.7. The van der Waals surface area contributed by atoms with Gasteiger partial charge in [-0.25, -0.2) is 19.7 Å². The molecule has 5 N–H and O–H groups in total. The summed E-state index contributed by atoms with van der Waals surface area (Å²) in [6.45, 7) is 1.70. The van der Waals surface area contributed by atoms with E-state index in [4.69, 9.17) is 22.4 Å². The molecule has 0 aliphatic rings. The highest BCUT2D eigenvalue weighted by Crippen LogP contribution is 2.29. The minimum atomic E-state index is -1.19. The van der Waals surface area contributed by atoms with E-state index < -0.39 is 6.09 Å². The van der Waals surface area contributed by atoms with Gasteiger partial charge in [0.1, 0.15) is 17.5 Å². The number of hydrogen-bond acceptors (Lipinski definition) is 8. The Kier molecular flexibility index (Phi) is 4.76. The molecule has 132 valence electrons. The number of nitrogens with zero attached hydrogens (tertiary/aromatic N) is 5. The number of rotatable bonds is 4. The number of hydrogen-bond donors (Lipinski definition) is 4. The van der Waals surface area contributed by atoms with E-state index in [0.717, 1.165) is 0 Å². The number of nitrogen functional groups attached to an aromatic ring is 1. The third-order valence-corrected chi connectivity index (χ3v) is 3.33. The largest absolute Gasteiger partial charge is 0.465 e. The highest BCUT2D eigenvalue weighted by Gasteiger charge is 2.13. The van der Waals surface area contributed by atoms with Gasteiger partial charge in [0.05, 0.1) is 22.5 Å². The van der Waals surface area contributed by atoms with Crippen molar-refractivity contribution >= 4 is 41.0 Å². The predicted octanol–water partition coefficient (Wildman–Crippen LogP) is 2.71. The molecule has 3 aromatic heterocycles. The molecule has 3 rings (SSSR count). The van der Waals surface area contributed by atoms with E-state index in [-0.39, 0.29) is 11.8 Å². The van der Waals surface area contributed by atoms with Crippen LogP contribution >= 0.6 is 11.6 Å². The van der Waals surface area contributed by atoms with Gasteiger partial charge in [-0.05, 0) is 25.1 Å². The van der Waals surface area contributed by atoms with Crippen LogP contribution in [0.3, 0.4) is 0 Å². The molecule has 10 nitrogen and oxygen atoms in total. The first kappa shape index (κ1) is 17.3. The fourth-order valence-corrected chi connectivity index (χ4v) is 2.28. The average Bonchev–Trinajstić information content (AvgIpc) is 2.57. The molecular weight excluding hydrogens is 360 g/mol. The fourth-order valence-electron chi connectivity index (χ4n) is 2.12. The standard InChI is InChI=1S/C15H13ClN8O2/c1-7-20-13(24-14(17)21-7)10-4-8(16)5-19-12(10)22-9-2-3-11(18-6-9)23-15(25)26/h2-6H,1H3,(H,18,23)(H,19,22)(H,25,26)(H2,17,20,21,24). The summed E-state index contributed by atoms with van der Waals surface area (Å²) < 4.78 is 0. The van der Waals surface area contributed by atoms with Crippen LogP contribution in [0.2, 0.25) is 5.02 Å². The molecule has 1 amide bonds. The summed E-state index contributed by atoms with van der Waals surface area (Å²) in [5.41, 5.74) is 6.80. The Labute approximate surface area is 152 Å². The maximum Gasteiger partial charge on any atom is 0.410 e. The van der Waals surface area contributed by atoms with Crippen molar-refractivity contribution in [2.45, 2.75) is 6.92 Å². The quantitative estimate of drug-likeness (QED) is 0.541. The number of nitrogens with two attached hydrogens (primary N) is 1. The number of anilines is 4. The smallest absolute Gasteiger partial charge is 0.410 e. The van der Waals surface area contributed by atoms with Gasteiger partial charge in [0.25, 0.3) is 0 Å². The molecule has 0 radical (unpaired) electrons. The second-order valence-corrected chi connectivity index (χ2v) is 5.54. The first-order valence-corrected chi connectivity index (χ1v) is 7.65. The number of pyridine rings is 2. The van der Waals surface area contributed by atoms with Crippen molar-refractivity contribution in [2.24, 2.45) is 0 Å². The van der Waals surface area contributed by atoms with Crippen molar-refractivity contribution < 1.29 is 9.90 Å². The van der Waals surface area contributed by atoms with E-state index >= 15 is 0 Å². The summed E-state index contributed by atoms with van der Waals surface area (Å²) in [7, 11) is 0. The Morgan fingerprint density at radius 3 is 2.65 bits per heavy atom. The zero-order valence-electron chi connectivity index (χ0n) is 13.4. The third-order valence-electron chi connectivity index (χ3n) is 3.12. The molecule has 3 heterocycles. The highest BCUT2D eigenvalue weighted by atomic mass is 35.5. The second-order valence-electron chi connectivity index (χ2n) is 5.10. The number of amides is 1. The maximum atomic E-state index is 10.6. The Morgan fingerprint density at radius 2 is 2.00 bits per heavy atom. The van der Waals surface area contributed by atoms with Gasteiger partial charge >= 0.3 is 6.09 Å². The van der Waals surface area contributed by atoms with Crippen LogP contribution in [-0.2, 0) is 0 Å². The van der Waals surface area contributed by atoms with Gasteiger partial charge in [-0.2, -0.15) is 9.97 Å². The van der Waals surface area contributed by atoms with Gasteiger partial charge in [0, 0.05) is 6.20 Å². The monoisotopic (exact) mass is 372 g/mol. The lowest BCUT2D eigenvalue weighted by Crippen LogP contribution is -2.08. The number of aromatic nitrogens is 5. The van der Waals surface area contributed by atoms with Gasteiger partial charge < -0.3 is 16.2 Å². The molecule has 0 fully saturated rings. The first-order chi connectivity index (χ1) is 12.4. The highest BCUT2D eigenvalue weighted by molar-refractivity contribution is 6.30. The van der Waals surface area contributed by atoms with Crippen molar-refractivity contribution in [2.75, 3.05) is 16.4 Å². The molecule has 0 aliphatic carbocycles. The summed E-state index contributed by atoms with van der Waals surface area (Å²) in [6.07, 6.45) is 1.74. The first-order valence-electron chi connectivity index (χ1n) is 7.28. The number of halogens is 1. The molecule has 0 saturated heterocycles. The lowest BCUT2D eigenvalue weighted by Gasteiger charge is -2.11. The average molecular weight is 373 g/mol. The Hall–Kier alpha value is -3.53. The number of carbonyl (C=O) groups is 1. The van der Waals surface area contributed by atoms with Crippen molar-refractivity contribution in [1.82, 2.24) is 24.9 Å². The molecule has 0 saturated carbocycles. The number of aryl methyl sites for hydroxylation is 1. The van der Waals surface area contributed by atoms with E-state index in [0.29, 0.717) is 33.7 Å². The van der Waals surface area contributed by atoms with Crippen LogP contribution in [0.4, 0.5) is 28.1 Å². The van der Waals surface area contributed by atoms with Gasteiger partial charge in [0.15, 0.2) is 5.82 Å². The molecule has 0 aromatic carbocycles. The van der Waals surface area contributed by atoms with Crippen LogP contribution in [0.1, 0.15) is 5.82 Å². The van der Waals surface area contributed by atoms with Gasteiger partial charge in [-0.15, -0.1) is 0 Å². The summed E-state index contributed by atoms with van der Waals surface area (Å²) >= 11 is 6.05. The third kappa shape index (κ3) is 4.11. The zero-order valence-corrected chi connectivity index (χ0v) is 14.2. The SMILES string of the molecule is Cc1nc(N)nc(-c2cc(Cl)cnc2Nc2ccc(NC(=O)O)nc2)n1. The van der Waals surface area contributed by atoms with Crippen LogP contribution < -0.4 is 16.4 Å². The Morgan fingerprint density at radius 1 is 1.19 bits per heavy atom. The molecule has 0 atom stereocenters. The molecule has 0 spiro atoms. The van der Waals surface area contributed by atoms with Crippen LogP contribution in [0, 0.1) is 6.92 Å². The lowest BCUT2D eigenvalue weighted by molar-refractivity contribution is 0.209. The molecular formula is C15H13ClN8O2. The number of nitrogens with one attached hydrogen (secondary N) is 2. The molecule has 26 heavy (non-hydrogen) atoms. The van der Waals surface area contributed by atoms with Crippen molar-refractivity contribution in [3.05, 3.63) is 41.4 Å². The van der Waals surface area contributed by atoms with E-state index in [1.165, 1.54) is 18.5 Å². The Balaban J connectivity index is 1.94. The molecule has 11 heteroatoms. The molecule has 0 bridgehead atoms. The fraction of sp³-hybridized carbons (Fsp3) is 0.0667. The lowest BCUT2D eigenvalue weighted by atomic mass is 10.2. The minimum Gasteiger partial charge on any atom is -0.465 e. The second kappa shape index (κ2) is 7.15. The van der Waals surface area contributed by atoms with Crippen LogP contribution in [-0.4, -0.2) is 36.1 Å². The van der Waals surface area contributed by atoms with Crippen LogP contribution in [0.25, 0.3) is 11.4 Å². The van der Waals surface area contributed by atoms with Crippen LogP contribution in [0.15, 0.2) is 30.6 Å². The molecule has 0 aliphatic heterocycles. The topological polar surface area (TPSA) is 152 Å². The maximum absolute atomic E-state index is 10.6. The summed E-state index contributed by atoms with van der Waals surface area (Å²) in [4.78, 5) is 31.2. The van der Waals surface area contributed by atoms with Crippen LogP contribution in [0.5, 0.6) is 0 Å².